The highest BCUT2D eigenvalue weighted by molar-refractivity contribution is 6.25. The summed E-state index contributed by atoms with van der Waals surface area (Å²) < 4.78 is 4.53. The van der Waals surface area contributed by atoms with Crippen LogP contribution in [-0.4, -0.2) is 16.7 Å². The van der Waals surface area contributed by atoms with Crippen LogP contribution in [0.2, 0.25) is 0 Å². The molecule has 0 aliphatic carbocycles. The van der Waals surface area contributed by atoms with E-state index in [1.807, 2.05) is 0 Å². The normalized spacial score (nSPS) is 11.0. The Balaban J connectivity index is 2.14. The fourth-order valence-corrected chi connectivity index (χ4v) is 0.671. The number of halogens is 1. The predicted molar refractivity (Wildman–Crippen MR) is 41.0 cm³/mol. The number of rotatable bonds is 4. The minimum atomic E-state index is 0.595. The zero-order valence-electron chi connectivity index (χ0n) is 5.83. The molecular formula is C6H8ClN3O. The van der Waals surface area contributed by atoms with Gasteiger partial charge in [0.05, 0.1) is 6.54 Å². The van der Waals surface area contributed by atoms with Gasteiger partial charge in [-0.1, -0.05) is 22.8 Å². The summed E-state index contributed by atoms with van der Waals surface area (Å²) in [5.41, 5.74) is 1.46. The maximum Gasteiger partial charge on any atom is 0.213 e. The van der Waals surface area contributed by atoms with E-state index in [0.717, 1.165) is 0 Å². The molecule has 0 aliphatic heterocycles. The molecule has 0 saturated heterocycles. The average Bonchev–Trinajstić information content (AvgIpc) is 2.50. The lowest BCUT2D eigenvalue weighted by atomic mass is 10.5. The topological polar surface area (TPSA) is 51.0 Å². The van der Waals surface area contributed by atoms with Crippen molar-refractivity contribution in [3.8, 4) is 0 Å². The van der Waals surface area contributed by atoms with Crippen LogP contribution in [0.25, 0.3) is 0 Å². The molecule has 0 saturated carbocycles. The van der Waals surface area contributed by atoms with Crippen LogP contribution >= 0.6 is 11.6 Å². The van der Waals surface area contributed by atoms with E-state index in [1.165, 1.54) is 11.9 Å². The van der Waals surface area contributed by atoms with Crippen molar-refractivity contribution in [3.05, 3.63) is 23.8 Å². The fraction of sp³-hybridized carbons (Fsp3) is 0.333. The molecule has 1 aromatic heterocycles. The summed E-state index contributed by atoms with van der Waals surface area (Å²) in [5.74, 6) is 0.646. The van der Waals surface area contributed by atoms with Crippen LogP contribution in [0.15, 0.2) is 22.5 Å². The molecule has 0 aliphatic rings. The Morgan fingerprint density at radius 1 is 1.73 bits per heavy atom. The van der Waals surface area contributed by atoms with E-state index in [-0.39, 0.29) is 0 Å². The summed E-state index contributed by atoms with van der Waals surface area (Å²) in [6, 6.07) is 0. The summed E-state index contributed by atoms with van der Waals surface area (Å²) in [7, 11) is 0. The Morgan fingerprint density at radius 2 is 2.64 bits per heavy atom. The second-order valence-electron chi connectivity index (χ2n) is 1.84. The van der Waals surface area contributed by atoms with Gasteiger partial charge >= 0.3 is 0 Å². The van der Waals surface area contributed by atoms with Gasteiger partial charge in [-0.25, -0.2) is 0 Å². The van der Waals surface area contributed by atoms with Gasteiger partial charge in [0.1, 0.15) is 0 Å². The molecule has 1 N–H and O–H groups in total. The van der Waals surface area contributed by atoms with E-state index in [1.54, 1.807) is 6.08 Å². The molecule has 0 fully saturated rings. The molecule has 0 unspecified atom stereocenters. The van der Waals surface area contributed by atoms with E-state index in [0.29, 0.717) is 18.9 Å². The lowest BCUT2D eigenvalue weighted by Gasteiger charge is -1.93. The van der Waals surface area contributed by atoms with Gasteiger partial charge in [0, 0.05) is 12.1 Å². The van der Waals surface area contributed by atoms with Crippen LogP contribution in [0.4, 0.5) is 0 Å². The lowest BCUT2D eigenvalue weighted by Crippen LogP contribution is -2.13. The largest absolute Gasteiger partial charge is 0.343 e. The smallest absolute Gasteiger partial charge is 0.213 e. The van der Waals surface area contributed by atoms with Crippen molar-refractivity contribution in [2.75, 3.05) is 6.54 Å². The molecule has 5 heteroatoms. The Morgan fingerprint density at radius 3 is 3.27 bits per heavy atom. The highest BCUT2D eigenvalue weighted by Gasteiger charge is 1.93. The molecule has 1 heterocycles. The molecule has 11 heavy (non-hydrogen) atoms. The highest BCUT2D eigenvalue weighted by Crippen LogP contribution is 1.85. The first-order valence-corrected chi connectivity index (χ1v) is 3.58. The summed E-state index contributed by atoms with van der Waals surface area (Å²) in [5, 5.41) is 6.64. The van der Waals surface area contributed by atoms with Gasteiger partial charge in [-0.2, -0.15) is 4.98 Å². The van der Waals surface area contributed by atoms with E-state index in [2.05, 4.69) is 20.0 Å². The maximum absolute atomic E-state index is 5.29. The van der Waals surface area contributed by atoms with Crippen LogP contribution in [0.1, 0.15) is 5.82 Å². The highest BCUT2D eigenvalue weighted by atomic mass is 35.5. The van der Waals surface area contributed by atoms with Gasteiger partial charge in [0.15, 0.2) is 5.82 Å². The lowest BCUT2D eigenvalue weighted by molar-refractivity contribution is 0.408. The molecule has 0 amide bonds. The van der Waals surface area contributed by atoms with Crippen LogP contribution in [0.5, 0.6) is 0 Å². The minimum absolute atomic E-state index is 0.595. The van der Waals surface area contributed by atoms with E-state index < -0.39 is 0 Å². The molecule has 1 rings (SSSR count). The molecule has 0 bridgehead atoms. The average molecular weight is 174 g/mol. The Kier molecular flexibility index (Phi) is 3.64. The monoisotopic (exact) mass is 173 g/mol. The second-order valence-corrected chi connectivity index (χ2v) is 2.09. The Hall–Kier alpha value is -0.870. The number of hydrogen-bond donors (Lipinski definition) is 1. The third-order valence-electron chi connectivity index (χ3n) is 1.04. The van der Waals surface area contributed by atoms with Crippen molar-refractivity contribution in [3.63, 3.8) is 0 Å². The number of hydrogen-bond acceptors (Lipinski definition) is 4. The van der Waals surface area contributed by atoms with Gasteiger partial charge < -0.3 is 9.84 Å². The number of aromatic nitrogens is 2. The molecule has 0 aromatic carbocycles. The number of nitrogens with one attached hydrogen (secondary N) is 1. The van der Waals surface area contributed by atoms with Crippen LogP contribution in [0, 0.1) is 0 Å². The van der Waals surface area contributed by atoms with Crippen LogP contribution < -0.4 is 5.32 Å². The Bertz CT molecular complexity index is 210. The first kappa shape index (κ1) is 8.23. The van der Waals surface area contributed by atoms with E-state index >= 15 is 0 Å². The molecule has 0 spiro atoms. The zero-order chi connectivity index (χ0) is 7.94. The second kappa shape index (κ2) is 4.87. The van der Waals surface area contributed by atoms with Crippen molar-refractivity contribution in [1.82, 2.24) is 15.5 Å². The quantitative estimate of drug-likeness (QED) is 0.688. The first-order chi connectivity index (χ1) is 5.43. The summed E-state index contributed by atoms with van der Waals surface area (Å²) in [6.07, 6.45) is 3.09. The predicted octanol–water partition coefficient (Wildman–Crippen LogP) is 0.912. The standard InChI is InChI=1S/C6H8ClN3O/c7-2-1-3-8-4-6-9-5-11-10-6/h1-2,5,8H,3-4H2/b2-1+. The van der Waals surface area contributed by atoms with Gasteiger partial charge in [-0.05, 0) is 0 Å². The van der Waals surface area contributed by atoms with Gasteiger partial charge in [-0.3, -0.25) is 0 Å². The molecule has 1 aromatic rings. The van der Waals surface area contributed by atoms with Crippen LogP contribution in [-0.2, 0) is 6.54 Å². The fourth-order valence-electron chi connectivity index (χ4n) is 0.582. The number of nitrogens with zero attached hydrogens (tertiary/aromatic N) is 2. The van der Waals surface area contributed by atoms with Gasteiger partial charge in [-0.15, -0.1) is 0 Å². The third-order valence-corrected chi connectivity index (χ3v) is 1.22. The molecule has 0 atom stereocenters. The summed E-state index contributed by atoms with van der Waals surface area (Å²) >= 11 is 5.29. The van der Waals surface area contributed by atoms with Crippen molar-refractivity contribution in [2.45, 2.75) is 6.54 Å². The van der Waals surface area contributed by atoms with Crippen molar-refractivity contribution in [1.29, 1.82) is 0 Å². The molecule has 0 radical (unpaired) electrons. The molecular weight excluding hydrogens is 166 g/mol. The SMILES string of the molecule is Cl/C=C/CNCc1ncon1. The van der Waals surface area contributed by atoms with E-state index in [4.69, 9.17) is 11.6 Å². The van der Waals surface area contributed by atoms with E-state index in [9.17, 15) is 0 Å². The van der Waals surface area contributed by atoms with Crippen molar-refractivity contribution >= 4 is 11.6 Å². The van der Waals surface area contributed by atoms with Crippen molar-refractivity contribution < 1.29 is 4.52 Å². The van der Waals surface area contributed by atoms with Crippen molar-refractivity contribution in [2.24, 2.45) is 0 Å². The Labute approximate surface area is 69.2 Å². The third kappa shape index (κ3) is 3.15. The zero-order valence-corrected chi connectivity index (χ0v) is 6.58. The first-order valence-electron chi connectivity index (χ1n) is 3.14. The van der Waals surface area contributed by atoms with Gasteiger partial charge in [0.25, 0.3) is 0 Å². The minimum Gasteiger partial charge on any atom is -0.343 e. The van der Waals surface area contributed by atoms with Gasteiger partial charge in [0.2, 0.25) is 6.39 Å². The van der Waals surface area contributed by atoms with Crippen LogP contribution in [0.3, 0.4) is 0 Å². The maximum atomic E-state index is 5.29. The summed E-state index contributed by atoms with van der Waals surface area (Å²) in [6.45, 7) is 1.30. The summed E-state index contributed by atoms with van der Waals surface area (Å²) in [4.78, 5) is 3.82. The molecule has 4 nitrogen and oxygen atoms in total. The molecule has 60 valence electrons.